The molecule has 0 saturated heterocycles. The largest absolute Gasteiger partial charge is 0.299 e. The van der Waals surface area contributed by atoms with Gasteiger partial charge < -0.3 is 0 Å². The number of hydrogen-bond acceptors (Lipinski definition) is 1. The molecule has 0 aromatic heterocycles. The number of Topliss-reactive ketones (excluding diaryl/α,β-unsaturated/α-hetero) is 1. The lowest BCUT2D eigenvalue weighted by atomic mass is 9.85. The molecule has 1 rings (SSSR count). The number of alkyl halides is 2. The van der Waals surface area contributed by atoms with Crippen molar-refractivity contribution in [1.29, 1.82) is 0 Å². The minimum absolute atomic E-state index is 0.114. The molecule has 2 atom stereocenters. The van der Waals surface area contributed by atoms with Gasteiger partial charge in [-0.25, -0.2) is 8.78 Å². The maximum atomic E-state index is 13.1. The summed E-state index contributed by atoms with van der Waals surface area (Å²) in [6.45, 7) is 4.41. The molecule has 0 aromatic carbocycles. The lowest BCUT2D eigenvalue weighted by Gasteiger charge is -2.23. The van der Waals surface area contributed by atoms with Gasteiger partial charge in [-0.2, -0.15) is 0 Å². The van der Waals surface area contributed by atoms with Crippen LogP contribution >= 0.6 is 0 Å². The fourth-order valence-electron chi connectivity index (χ4n) is 1.92. The van der Waals surface area contributed by atoms with Crippen LogP contribution in [0.3, 0.4) is 0 Å². The standard InChI is InChI=1S/C14H20F2O/c1-4-5-13(17)12-8-6-11(7-9-12)10(2)14(3,15)16/h6-8,10,12H,4-5,9H2,1-3H3. The highest BCUT2D eigenvalue weighted by molar-refractivity contribution is 5.83. The molecule has 2 unspecified atom stereocenters. The maximum Gasteiger partial charge on any atom is 0.251 e. The first-order valence-corrected chi connectivity index (χ1v) is 6.15. The fourth-order valence-corrected chi connectivity index (χ4v) is 1.92. The van der Waals surface area contributed by atoms with Crippen molar-refractivity contribution in [2.75, 3.05) is 0 Å². The zero-order valence-electron chi connectivity index (χ0n) is 10.7. The van der Waals surface area contributed by atoms with Crippen LogP contribution in [-0.4, -0.2) is 11.7 Å². The highest BCUT2D eigenvalue weighted by atomic mass is 19.3. The highest BCUT2D eigenvalue weighted by Crippen LogP contribution is 2.33. The van der Waals surface area contributed by atoms with Gasteiger partial charge in [-0.15, -0.1) is 0 Å². The van der Waals surface area contributed by atoms with E-state index in [9.17, 15) is 13.6 Å². The van der Waals surface area contributed by atoms with Crippen LogP contribution in [0.15, 0.2) is 23.8 Å². The Kier molecular flexibility index (Phi) is 4.61. The average Bonchev–Trinajstić information content (AvgIpc) is 2.27. The smallest absolute Gasteiger partial charge is 0.251 e. The topological polar surface area (TPSA) is 17.1 Å². The third-order valence-corrected chi connectivity index (χ3v) is 3.30. The summed E-state index contributed by atoms with van der Waals surface area (Å²) in [5.74, 6) is -3.41. The summed E-state index contributed by atoms with van der Waals surface area (Å²) < 4.78 is 26.3. The molecule has 1 aliphatic carbocycles. The molecule has 1 aliphatic rings. The summed E-state index contributed by atoms with van der Waals surface area (Å²) in [6, 6.07) is 0. The van der Waals surface area contributed by atoms with Crippen molar-refractivity contribution in [3.8, 4) is 0 Å². The van der Waals surface area contributed by atoms with E-state index < -0.39 is 11.8 Å². The Hall–Kier alpha value is -0.990. The minimum atomic E-state index is -2.71. The van der Waals surface area contributed by atoms with Gasteiger partial charge >= 0.3 is 0 Å². The van der Waals surface area contributed by atoms with Crippen molar-refractivity contribution in [2.45, 2.75) is 46.0 Å². The van der Waals surface area contributed by atoms with Gasteiger partial charge in [0.05, 0.1) is 0 Å². The van der Waals surface area contributed by atoms with E-state index >= 15 is 0 Å². The van der Waals surface area contributed by atoms with Gasteiger partial charge in [-0.05, 0) is 25.3 Å². The molecule has 3 heteroatoms. The number of rotatable bonds is 5. The fraction of sp³-hybridized carbons (Fsp3) is 0.643. The van der Waals surface area contributed by atoms with Crippen LogP contribution in [0, 0.1) is 11.8 Å². The van der Waals surface area contributed by atoms with Crippen LogP contribution in [0.25, 0.3) is 0 Å². The minimum Gasteiger partial charge on any atom is -0.299 e. The molecule has 96 valence electrons. The summed E-state index contributed by atoms with van der Waals surface area (Å²) in [7, 11) is 0. The van der Waals surface area contributed by atoms with Crippen molar-refractivity contribution in [3.05, 3.63) is 23.8 Å². The second-order valence-corrected chi connectivity index (χ2v) is 4.80. The van der Waals surface area contributed by atoms with Gasteiger partial charge in [-0.3, -0.25) is 4.79 Å². The van der Waals surface area contributed by atoms with Crippen LogP contribution < -0.4 is 0 Å². The van der Waals surface area contributed by atoms with Crippen molar-refractivity contribution in [3.63, 3.8) is 0 Å². The summed E-state index contributed by atoms with van der Waals surface area (Å²) >= 11 is 0. The first-order valence-electron chi connectivity index (χ1n) is 6.15. The number of hydrogen-bond donors (Lipinski definition) is 0. The molecular formula is C14H20F2O. The summed E-state index contributed by atoms with van der Waals surface area (Å²) in [5.41, 5.74) is 0.637. The summed E-state index contributed by atoms with van der Waals surface area (Å²) in [6.07, 6.45) is 7.20. The van der Waals surface area contributed by atoms with E-state index in [0.717, 1.165) is 13.3 Å². The Morgan fingerprint density at radius 1 is 1.59 bits per heavy atom. The first-order chi connectivity index (χ1) is 7.86. The molecule has 0 spiro atoms. The monoisotopic (exact) mass is 242 g/mol. The second-order valence-electron chi connectivity index (χ2n) is 4.80. The van der Waals surface area contributed by atoms with Crippen LogP contribution in [-0.2, 0) is 4.79 Å². The van der Waals surface area contributed by atoms with Crippen molar-refractivity contribution in [2.24, 2.45) is 11.8 Å². The first kappa shape index (κ1) is 14.1. The number of carbonyl (C=O) groups is 1. The third-order valence-electron chi connectivity index (χ3n) is 3.30. The van der Waals surface area contributed by atoms with E-state index in [4.69, 9.17) is 0 Å². The van der Waals surface area contributed by atoms with Crippen molar-refractivity contribution >= 4 is 5.78 Å². The number of ketones is 1. The molecule has 0 aliphatic heterocycles. The van der Waals surface area contributed by atoms with E-state index in [-0.39, 0.29) is 11.7 Å². The predicted octanol–water partition coefficient (Wildman–Crippen LogP) is 4.15. The van der Waals surface area contributed by atoms with E-state index in [2.05, 4.69) is 0 Å². The van der Waals surface area contributed by atoms with Gasteiger partial charge in [0, 0.05) is 18.3 Å². The molecule has 17 heavy (non-hydrogen) atoms. The third kappa shape index (κ3) is 3.76. The summed E-state index contributed by atoms with van der Waals surface area (Å²) in [4.78, 5) is 11.6. The zero-order chi connectivity index (χ0) is 13.1. The molecular weight excluding hydrogens is 222 g/mol. The predicted molar refractivity (Wildman–Crippen MR) is 65.0 cm³/mol. The Morgan fingerprint density at radius 2 is 2.24 bits per heavy atom. The SMILES string of the molecule is CCCC(=O)C1C=CC(C(C)C(C)(F)F)=CC1. The normalized spacial score (nSPS) is 22.2. The molecule has 0 heterocycles. The molecule has 0 bridgehead atoms. The molecule has 0 saturated carbocycles. The van der Waals surface area contributed by atoms with Crippen LogP contribution in [0.4, 0.5) is 8.78 Å². The maximum absolute atomic E-state index is 13.1. The Balaban J connectivity index is 2.63. The summed E-state index contributed by atoms with van der Waals surface area (Å²) in [5, 5.41) is 0. The van der Waals surface area contributed by atoms with Crippen molar-refractivity contribution < 1.29 is 13.6 Å². The van der Waals surface area contributed by atoms with Crippen LogP contribution in [0.1, 0.15) is 40.0 Å². The second kappa shape index (κ2) is 5.56. The molecule has 0 radical (unpaired) electrons. The van der Waals surface area contributed by atoms with Gasteiger partial charge in [0.25, 0.3) is 5.92 Å². The lowest BCUT2D eigenvalue weighted by Crippen LogP contribution is -2.24. The van der Waals surface area contributed by atoms with Gasteiger partial charge in [-0.1, -0.05) is 32.1 Å². The average molecular weight is 242 g/mol. The highest BCUT2D eigenvalue weighted by Gasteiger charge is 2.32. The molecule has 1 nitrogen and oxygen atoms in total. The van der Waals surface area contributed by atoms with Gasteiger partial charge in [0.15, 0.2) is 0 Å². The van der Waals surface area contributed by atoms with Crippen LogP contribution in [0.2, 0.25) is 0 Å². The van der Waals surface area contributed by atoms with Crippen molar-refractivity contribution in [1.82, 2.24) is 0 Å². The number of allylic oxidation sites excluding steroid dienone is 4. The molecule has 0 N–H and O–H groups in total. The Bertz CT molecular complexity index is 337. The molecule has 0 aromatic rings. The van der Waals surface area contributed by atoms with Gasteiger partial charge in [0.2, 0.25) is 0 Å². The van der Waals surface area contributed by atoms with E-state index in [1.165, 1.54) is 6.92 Å². The van der Waals surface area contributed by atoms with Crippen LogP contribution in [0.5, 0.6) is 0 Å². The lowest BCUT2D eigenvalue weighted by molar-refractivity contribution is -0.121. The quantitative estimate of drug-likeness (QED) is 0.707. The molecule has 0 amide bonds. The number of carbonyl (C=O) groups excluding carboxylic acids is 1. The Labute approximate surface area is 102 Å². The molecule has 0 fully saturated rings. The van der Waals surface area contributed by atoms with E-state index in [0.29, 0.717) is 18.4 Å². The van der Waals surface area contributed by atoms with E-state index in [1.807, 2.05) is 6.92 Å². The number of halogens is 2. The Morgan fingerprint density at radius 3 is 2.65 bits per heavy atom. The van der Waals surface area contributed by atoms with Gasteiger partial charge in [0.1, 0.15) is 5.78 Å². The van der Waals surface area contributed by atoms with E-state index in [1.54, 1.807) is 18.2 Å². The zero-order valence-corrected chi connectivity index (χ0v) is 10.7.